The lowest BCUT2D eigenvalue weighted by Crippen LogP contribution is -2.39. The Bertz CT molecular complexity index is 524. The van der Waals surface area contributed by atoms with Crippen molar-refractivity contribution < 1.29 is 18.6 Å². The third-order valence-electron chi connectivity index (χ3n) is 5.09. The summed E-state index contributed by atoms with van der Waals surface area (Å²) in [5, 5.41) is 10.6. The van der Waals surface area contributed by atoms with Gasteiger partial charge in [0.1, 0.15) is 11.6 Å². The first kappa shape index (κ1) is 14.9. The summed E-state index contributed by atoms with van der Waals surface area (Å²) in [6, 6.07) is 2.31. The minimum Gasteiger partial charge on any atom is -0.388 e. The van der Waals surface area contributed by atoms with Crippen LogP contribution in [-0.2, 0) is 4.74 Å². The summed E-state index contributed by atoms with van der Waals surface area (Å²) in [6.07, 6.45) is 4.98. The number of hydrogen-bond acceptors (Lipinski definition) is 2. The Hall–Kier alpha value is -1.00. The lowest BCUT2D eigenvalue weighted by molar-refractivity contribution is -0.113. The minimum absolute atomic E-state index is 0.0174. The van der Waals surface area contributed by atoms with E-state index in [1.54, 1.807) is 6.92 Å². The molecule has 0 radical (unpaired) electrons. The Balaban J connectivity index is 1.81. The maximum Gasteiger partial charge on any atom is 0.131 e. The Kier molecular flexibility index (Phi) is 4.02. The number of aryl methyl sites for hydroxylation is 1. The molecule has 0 aromatic heterocycles. The van der Waals surface area contributed by atoms with Crippen LogP contribution < -0.4 is 0 Å². The summed E-state index contributed by atoms with van der Waals surface area (Å²) in [5.41, 5.74) is 0.470. The minimum atomic E-state index is -0.884. The highest BCUT2D eigenvalue weighted by atomic mass is 19.1. The Morgan fingerprint density at radius 3 is 2.67 bits per heavy atom. The molecule has 21 heavy (non-hydrogen) atoms. The molecular formula is C17H22F2O2. The van der Waals surface area contributed by atoms with Crippen LogP contribution >= 0.6 is 0 Å². The van der Waals surface area contributed by atoms with Gasteiger partial charge in [-0.1, -0.05) is 12.8 Å². The van der Waals surface area contributed by atoms with Crippen LogP contribution in [0.25, 0.3) is 0 Å². The highest BCUT2D eigenvalue weighted by Crippen LogP contribution is 2.45. The van der Waals surface area contributed by atoms with Gasteiger partial charge >= 0.3 is 0 Å². The molecule has 4 heteroatoms. The molecule has 2 atom stereocenters. The van der Waals surface area contributed by atoms with Crippen molar-refractivity contribution in [2.75, 3.05) is 6.61 Å². The molecule has 1 saturated carbocycles. The second-order valence-electron chi connectivity index (χ2n) is 6.56. The molecule has 2 fully saturated rings. The topological polar surface area (TPSA) is 29.5 Å². The monoisotopic (exact) mass is 296 g/mol. The third kappa shape index (κ3) is 2.84. The quantitative estimate of drug-likeness (QED) is 0.892. The van der Waals surface area contributed by atoms with Crippen LogP contribution in [0.5, 0.6) is 0 Å². The molecule has 1 aliphatic carbocycles. The summed E-state index contributed by atoms with van der Waals surface area (Å²) < 4.78 is 33.3. The number of aliphatic hydroxyl groups is 1. The molecule has 1 N–H and O–H groups in total. The lowest BCUT2D eigenvalue weighted by Gasteiger charge is -2.40. The van der Waals surface area contributed by atoms with Gasteiger partial charge in [-0.15, -0.1) is 0 Å². The van der Waals surface area contributed by atoms with Crippen LogP contribution in [0.4, 0.5) is 8.78 Å². The van der Waals surface area contributed by atoms with Crippen molar-refractivity contribution in [3.63, 3.8) is 0 Å². The van der Waals surface area contributed by atoms with Crippen molar-refractivity contribution in [2.24, 2.45) is 5.92 Å². The van der Waals surface area contributed by atoms with E-state index in [-0.39, 0.29) is 17.1 Å². The zero-order valence-electron chi connectivity index (χ0n) is 12.4. The highest BCUT2D eigenvalue weighted by Gasteiger charge is 2.42. The van der Waals surface area contributed by atoms with E-state index in [9.17, 15) is 13.9 Å². The van der Waals surface area contributed by atoms with Crippen LogP contribution in [-0.4, -0.2) is 17.3 Å². The van der Waals surface area contributed by atoms with Crippen LogP contribution in [0.3, 0.4) is 0 Å². The fourth-order valence-corrected chi connectivity index (χ4v) is 3.86. The first-order valence-electron chi connectivity index (χ1n) is 7.78. The molecule has 0 bridgehead atoms. The molecule has 1 aliphatic heterocycles. The zero-order chi connectivity index (χ0) is 15.0. The number of aliphatic hydroxyl groups excluding tert-OH is 1. The van der Waals surface area contributed by atoms with Crippen LogP contribution in [0.1, 0.15) is 55.8 Å². The SMILES string of the molecule is Cc1cc(C(O)C2CCOC3(CCCC3)C2)c(F)cc1F. The predicted octanol–water partition coefficient (Wildman–Crippen LogP) is 4.05. The maximum absolute atomic E-state index is 14.0. The first-order valence-corrected chi connectivity index (χ1v) is 7.78. The van der Waals surface area contributed by atoms with Crippen molar-refractivity contribution >= 4 is 0 Å². The largest absolute Gasteiger partial charge is 0.388 e. The highest BCUT2D eigenvalue weighted by molar-refractivity contribution is 5.28. The van der Waals surface area contributed by atoms with Gasteiger partial charge in [0, 0.05) is 18.2 Å². The molecule has 2 aliphatic rings. The van der Waals surface area contributed by atoms with E-state index in [2.05, 4.69) is 0 Å². The van der Waals surface area contributed by atoms with E-state index < -0.39 is 17.7 Å². The van der Waals surface area contributed by atoms with E-state index in [1.807, 2.05) is 0 Å². The molecular weight excluding hydrogens is 274 g/mol. The van der Waals surface area contributed by atoms with Crippen molar-refractivity contribution in [3.05, 3.63) is 34.9 Å². The molecule has 1 saturated heterocycles. The average molecular weight is 296 g/mol. The van der Waals surface area contributed by atoms with Crippen molar-refractivity contribution in [2.45, 2.75) is 57.2 Å². The van der Waals surface area contributed by atoms with E-state index in [4.69, 9.17) is 4.74 Å². The zero-order valence-corrected chi connectivity index (χ0v) is 12.4. The van der Waals surface area contributed by atoms with E-state index in [0.29, 0.717) is 12.2 Å². The van der Waals surface area contributed by atoms with Crippen molar-refractivity contribution in [1.82, 2.24) is 0 Å². The summed E-state index contributed by atoms with van der Waals surface area (Å²) in [4.78, 5) is 0. The predicted molar refractivity (Wildman–Crippen MR) is 75.9 cm³/mol. The van der Waals surface area contributed by atoms with Crippen molar-refractivity contribution in [1.29, 1.82) is 0 Å². The maximum atomic E-state index is 14.0. The first-order chi connectivity index (χ1) is 10.0. The molecule has 3 rings (SSSR count). The molecule has 1 spiro atoms. The Labute approximate surface area is 124 Å². The number of rotatable bonds is 2. The van der Waals surface area contributed by atoms with Crippen molar-refractivity contribution in [3.8, 4) is 0 Å². The summed E-state index contributed by atoms with van der Waals surface area (Å²) in [7, 11) is 0. The number of halogens is 2. The van der Waals surface area contributed by atoms with Gasteiger partial charge in [0.25, 0.3) is 0 Å². The number of hydrogen-bond donors (Lipinski definition) is 1. The van der Waals surface area contributed by atoms with Crippen LogP contribution in [0.2, 0.25) is 0 Å². The van der Waals surface area contributed by atoms with E-state index >= 15 is 0 Å². The summed E-state index contributed by atoms with van der Waals surface area (Å²) in [5.74, 6) is -1.24. The molecule has 1 heterocycles. The lowest BCUT2D eigenvalue weighted by atomic mass is 9.79. The molecule has 2 nitrogen and oxygen atoms in total. The van der Waals surface area contributed by atoms with Gasteiger partial charge in [-0.05, 0) is 50.2 Å². The molecule has 116 valence electrons. The second-order valence-corrected chi connectivity index (χ2v) is 6.56. The fraction of sp³-hybridized carbons (Fsp3) is 0.647. The van der Waals surface area contributed by atoms with Crippen LogP contribution in [0.15, 0.2) is 12.1 Å². The molecule has 0 amide bonds. The normalized spacial score (nSPS) is 26.2. The molecule has 2 unspecified atom stereocenters. The Morgan fingerprint density at radius 1 is 1.24 bits per heavy atom. The smallest absolute Gasteiger partial charge is 0.131 e. The Morgan fingerprint density at radius 2 is 1.95 bits per heavy atom. The summed E-state index contributed by atoms with van der Waals surface area (Å²) >= 11 is 0. The molecule has 1 aromatic rings. The van der Waals surface area contributed by atoms with Gasteiger partial charge < -0.3 is 9.84 Å². The standard InChI is InChI=1S/C17H22F2O2/c1-11-8-13(15(19)9-14(11)18)16(20)12-4-7-21-17(10-12)5-2-3-6-17/h8-9,12,16,20H,2-7,10H2,1H3. The van der Waals surface area contributed by atoms with E-state index in [1.165, 1.54) is 6.07 Å². The molecule has 1 aromatic carbocycles. The fourth-order valence-electron chi connectivity index (χ4n) is 3.86. The number of benzene rings is 1. The van der Waals surface area contributed by atoms with Gasteiger partial charge in [-0.25, -0.2) is 8.78 Å². The van der Waals surface area contributed by atoms with Crippen LogP contribution in [0, 0.1) is 24.5 Å². The van der Waals surface area contributed by atoms with E-state index in [0.717, 1.165) is 44.6 Å². The van der Waals surface area contributed by atoms with Gasteiger partial charge in [0.15, 0.2) is 0 Å². The van der Waals surface area contributed by atoms with Gasteiger partial charge in [0.2, 0.25) is 0 Å². The average Bonchev–Trinajstić information content (AvgIpc) is 2.90. The number of ether oxygens (including phenoxy) is 1. The van der Waals surface area contributed by atoms with Gasteiger partial charge in [-0.3, -0.25) is 0 Å². The van der Waals surface area contributed by atoms with Gasteiger partial charge in [-0.2, -0.15) is 0 Å². The third-order valence-corrected chi connectivity index (χ3v) is 5.09. The van der Waals surface area contributed by atoms with Gasteiger partial charge in [0.05, 0.1) is 11.7 Å². The second kappa shape index (κ2) is 5.65. The summed E-state index contributed by atoms with van der Waals surface area (Å²) in [6.45, 7) is 2.21.